The molecule has 0 aromatic rings. The van der Waals surface area contributed by atoms with Gasteiger partial charge in [-0.1, -0.05) is 34.1 Å². The van der Waals surface area contributed by atoms with Gasteiger partial charge in [0.05, 0.1) is 0 Å². The lowest BCUT2D eigenvalue weighted by atomic mass is 9.76. The van der Waals surface area contributed by atoms with E-state index in [2.05, 4.69) is 27.7 Å². The zero-order valence-corrected chi connectivity index (χ0v) is 8.55. The summed E-state index contributed by atoms with van der Waals surface area (Å²) in [6.45, 7) is 8.42. The van der Waals surface area contributed by atoms with Crippen LogP contribution in [0.5, 0.6) is 0 Å². The Kier molecular flexibility index (Phi) is 4.29. The van der Waals surface area contributed by atoms with E-state index >= 15 is 0 Å². The Bertz CT molecular complexity index is 144. The van der Waals surface area contributed by atoms with Crippen molar-refractivity contribution in [3.8, 4) is 0 Å². The lowest BCUT2D eigenvalue weighted by molar-refractivity contribution is -0.139. The minimum absolute atomic E-state index is 0.119. The number of carbonyl (C=O) groups is 1. The van der Waals surface area contributed by atoms with Crippen molar-refractivity contribution in [3.63, 3.8) is 0 Å². The number of hydrogen-bond acceptors (Lipinski definition) is 1. The number of hydrogen-bond donors (Lipinski definition) is 1. The third kappa shape index (κ3) is 4.37. The zero-order valence-electron chi connectivity index (χ0n) is 8.55. The number of carboxylic acids is 1. The highest BCUT2D eigenvalue weighted by Gasteiger charge is 2.25. The van der Waals surface area contributed by atoms with Crippen molar-refractivity contribution in [2.75, 3.05) is 0 Å². The van der Waals surface area contributed by atoms with E-state index in [4.69, 9.17) is 5.11 Å². The standard InChI is InChI=1S/C10H20O2/c1-5-6-8(7-9(11)12)10(2,3)4/h8H,5-7H2,1-4H3,(H,11,12)/t8-/m1/s1. The Morgan fingerprint density at radius 2 is 1.92 bits per heavy atom. The molecule has 12 heavy (non-hydrogen) atoms. The summed E-state index contributed by atoms with van der Waals surface area (Å²) in [6, 6.07) is 0. The highest BCUT2D eigenvalue weighted by atomic mass is 16.4. The molecule has 0 fully saturated rings. The molecule has 0 unspecified atom stereocenters. The summed E-state index contributed by atoms with van der Waals surface area (Å²) < 4.78 is 0. The van der Waals surface area contributed by atoms with Crippen molar-refractivity contribution in [1.29, 1.82) is 0 Å². The van der Waals surface area contributed by atoms with Crippen molar-refractivity contribution in [3.05, 3.63) is 0 Å². The molecule has 72 valence electrons. The van der Waals surface area contributed by atoms with Crippen molar-refractivity contribution in [2.24, 2.45) is 11.3 Å². The predicted molar refractivity (Wildman–Crippen MR) is 50.1 cm³/mol. The highest BCUT2D eigenvalue weighted by Crippen LogP contribution is 2.32. The van der Waals surface area contributed by atoms with Crippen LogP contribution in [0.2, 0.25) is 0 Å². The molecule has 0 saturated heterocycles. The van der Waals surface area contributed by atoms with Crippen molar-refractivity contribution < 1.29 is 9.90 Å². The van der Waals surface area contributed by atoms with E-state index in [1.165, 1.54) is 0 Å². The first kappa shape index (κ1) is 11.5. The van der Waals surface area contributed by atoms with Gasteiger partial charge in [0.2, 0.25) is 0 Å². The third-order valence-electron chi connectivity index (χ3n) is 2.28. The summed E-state index contributed by atoms with van der Waals surface area (Å²) in [5.74, 6) is -0.372. The van der Waals surface area contributed by atoms with Crippen LogP contribution in [0.4, 0.5) is 0 Å². The van der Waals surface area contributed by atoms with Crippen LogP contribution in [0.25, 0.3) is 0 Å². The quantitative estimate of drug-likeness (QED) is 0.708. The average molecular weight is 172 g/mol. The molecule has 0 aromatic heterocycles. The molecule has 0 aliphatic carbocycles. The second-order valence-electron chi connectivity index (χ2n) is 4.45. The van der Waals surface area contributed by atoms with Crippen LogP contribution in [0, 0.1) is 11.3 Å². The SMILES string of the molecule is CCC[C@H](CC(=O)O)C(C)(C)C. The first-order valence-electron chi connectivity index (χ1n) is 4.59. The van der Waals surface area contributed by atoms with Gasteiger partial charge in [-0.15, -0.1) is 0 Å². The maximum atomic E-state index is 10.5. The van der Waals surface area contributed by atoms with E-state index in [-0.39, 0.29) is 5.41 Å². The van der Waals surface area contributed by atoms with Crippen LogP contribution in [0.1, 0.15) is 47.0 Å². The second-order valence-corrected chi connectivity index (χ2v) is 4.45. The molecule has 0 aliphatic rings. The molecule has 0 bridgehead atoms. The number of aliphatic carboxylic acids is 1. The van der Waals surface area contributed by atoms with Crippen LogP contribution in [-0.2, 0) is 4.79 Å². The van der Waals surface area contributed by atoms with Gasteiger partial charge in [0.1, 0.15) is 0 Å². The Labute approximate surface area is 75.0 Å². The molecule has 0 aliphatic heterocycles. The Balaban J connectivity index is 4.13. The topological polar surface area (TPSA) is 37.3 Å². The van der Waals surface area contributed by atoms with Crippen LogP contribution in [0.3, 0.4) is 0 Å². The van der Waals surface area contributed by atoms with Gasteiger partial charge in [-0.3, -0.25) is 4.79 Å². The van der Waals surface area contributed by atoms with E-state index in [0.717, 1.165) is 12.8 Å². The monoisotopic (exact) mass is 172 g/mol. The lowest BCUT2D eigenvalue weighted by Crippen LogP contribution is -2.23. The normalized spacial score (nSPS) is 14.3. The minimum Gasteiger partial charge on any atom is -0.481 e. The van der Waals surface area contributed by atoms with Crippen LogP contribution >= 0.6 is 0 Å². The Morgan fingerprint density at radius 3 is 2.17 bits per heavy atom. The first-order chi connectivity index (χ1) is 5.38. The van der Waals surface area contributed by atoms with Crippen LogP contribution in [0.15, 0.2) is 0 Å². The second kappa shape index (κ2) is 4.48. The van der Waals surface area contributed by atoms with Crippen molar-refractivity contribution >= 4 is 5.97 Å². The molecule has 0 aromatic carbocycles. The zero-order chi connectivity index (χ0) is 9.78. The smallest absolute Gasteiger partial charge is 0.303 e. The molecule has 2 nitrogen and oxygen atoms in total. The molecule has 0 rings (SSSR count). The molecule has 0 saturated carbocycles. The van der Waals surface area contributed by atoms with Gasteiger partial charge in [0, 0.05) is 6.42 Å². The van der Waals surface area contributed by atoms with Gasteiger partial charge in [0.15, 0.2) is 0 Å². The van der Waals surface area contributed by atoms with Gasteiger partial charge in [-0.05, 0) is 17.8 Å². The summed E-state index contributed by atoms with van der Waals surface area (Å²) in [5, 5.41) is 8.67. The largest absolute Gasteiger partial charge is 0.481 e. The molecular weight excluding hydrogens is 152 g/mol. The molecule has 1 atom stereocenters. The fourth-order valence-corrected chi connectivity index (χ4v) is 1.40. The minimum atomic E-state index is -0.677. The summed E-state index contributed by atoms with van der Waals surface area (Å²) >= 11 is 0. The van der Waals surface area contributed by atoms with E-state index in [1.54, 1.807) is 0 Å². The maximum Gasteiger partial charge on any atom is 0.303 e. The molecule has 0 amide bonds. The van der Waals surface area contributed by atoms with E-state index in [9.17, 15) is 4.79 Å². The lowest BCUT2D eigenvalue weighted by Gasteiger charge is -2.29. The molecule has 1 N–H and O–H groups in total. The third-order valence-corrected chi connectivity index (χ3v) is 2.28. The van der Waals surface area contributed by atoms with Gasteiger partial charge in [-0.2, -0.15) is 0 Å². The highest BCUT2D eigenvalue weighted by molar-refractivity contribution is 5.67. The van der Waals surface area contributed by atoms with Gasteiger partial charge in [-0.25, -0.2) is 0 Å². The van der Waals surface area contributed by atoms with Crippen molar-refractivity contribution in [2.45, 2.75) is 47.0 Å². The molecule has 0 heterocycles. The van der Waals surface area contributed by atoms with Gasteiger partial charge in [0.25, 0.3) is 0 Å². The Hall–Kier alpha value is -0.530. The molecule has 0 radical (unpaired) electrons. The summed E-state index contributed by atoms with van der Waals surface area (Å²) in [5.41, 5.74) is 0.119. The van der Waals surface area contributed by atoms with E-state index in [0.29, 0.717) is 12.3 Å². The average Bonchev–Trinajstić information content (AvgIpc) is 1.83. The number of carboxylic acid groups (broad SMARTS) is 1. The van der Waals surface area contributed by atoms with E-state index in [1.807, 2.05) is 0 Å². The van der Waals surface area contributed by atoms with Crippen molar-refractivity contribution in [1.82, 2.24) is 0 Å². The predicted octanol–water partition coefficient (Wildman–Crippen LogP) is 2.92. The van der Waals surface area contributed by atoms with E-state index < -0.39 is 5.97 Å². The van der Waals surface area contributed by atoms with Crippen LogP contribution in [-0.4, -0.2) is 11.1 Å². The summed E-state index contributed by atoms with van der Waals surface area (Å²) in [7, 11) is 0. The molecular formula is C10H20O2. The fraction of sp³-hybridized carbons (Fsp3) is 0.900. The summed E-state index contributed by atoms with van der Waals surface area (Å²) in [4.78, 5) is 10.5. The summed E-state index contributed by atoms with van der Waals surface area (Å²) in [6.07, 6.45) is 2.38. The number of rotatable bonds is 4. The molecule has 0 spiro atoms. The van der Waals surface area contributed by atoms with Gasteiger partial charge < -0.3 is 5.11 Å². The Morgan fingerprint density at radius 1 is 1.42 bits per heavy atom. The van der Waals surface area contributed by atoms with Crippen LogP contribution < -0.4 is 0 Å². The maximum absolute atomic E-state index is 10.5. The van der Waals surface area contributed by atoms with Gasteiger partial charge >= 0.3 is 5.97 Å². The molecule has 2 heteroatoms. The fourth-order valence-electron chi connectivity index (χ4n) is 1.40. The first-order valence-corrected chi connectivity index (χ1v) is 4.59.